The van der Waals surface area contributed by atoms with Crippen molar-refractivity contribution in [3.05, 3.63) is 28.7 Å². The Morgan fingerprint density at radius 2 is 2.11 bits per heavy atom. The molecular weight excluding hydrogens is 306 g/mol. The summed E-state index contributed by atoms with van der Waals surface area (Å²) in [5.41, 5.74) is 0. The van der Waals surface area contributed by atoms with Crippen LogP contribution in [0.5, 0.6) is 5.75 Å². The summed E-state index contributed by atoms with van der Waals surface area (Å²) >= 11 is 3.43. The lowest BCUT2D eigenvalue weighted by molar-refractivity contribution is -0.0583. The molecule has 2 aliphatic rings. The molecule has 1 saturated carbocycles. The standard InChI is InChI=1S/C15H20BrNO2/c16-12-4-6-13(7-5-12)18-10-8-17-9-11-19-15-3-1-2-14(15)17/h4-7,14-15H,1-3,8-11H2. The van der Waals surface area contributed by atoms with Crippen molar-refractivity contribution >= 4 is 15.9 Å². The first-order valence-corrected chi connectivity index (χ1v) is 7.86. The monoisotopic (exact) mass is 325 g/mol. The molecule has 0 bridgehead atoms. The molecule has 0 N–H and O–H groups in total. The molecule has 1 aromatic rings. The fourth-order valence-electron chi connectivity index (χ4n) is 3.09. The molecule has 1 aliphatic heterocycles. The van der Waals surface area contributed by atoms with Crippen LogP contribution in [0.3, 0.4) is 0 Å². The van der Waals surface area contributed by atoms with Gasteiger partial charge in [-0.25, -0.2) is 0 Å². The van der Waals surface area contributed by atoms with E-state index in [4.69, 9.17) is 9.47 Å². The summed E-state index contributed by atoms with van der Waals surface area (Å²) in [4.78, 5) is 2.54. The Balaban J connectivity index is 1.48. The Labute approximate surface area is 123 Å². The first kappa shape index (κ1) is 13.4. The van der Waals surface area contributed by atoms with E-state index in [-0.39, 0.29) is 0 Å². The van der Waals surface area contributed by atoms with Gasteiger partial charge in [0.25, 0.3) is 0 Å². The molecule has 1 aromatic carbocycles. The molecule has 2 unspecified atom stereocenters. The Kier molecular flexibility index (Phi) is 4.41. The van der Waals surface area contributed by atoms with Crippen LogP contribution in [0.25, 0.3) is 0 Å². The van der Waals surface area contributed by atoms with Gasteiger partial charge in [-0.1, -0.05) is 15.9 Å². The molecule has 0 aromatic heterocycles. The third kappa shape index (κ3) is 3.30. The molecule has 1 saturated heterocycles. The fourth-order valence-corrected chi connectivity index (χ4v) is 3.36. The van der Waals surface area contributed by atoms with Gasteiger partial charge in [-0.05, 0) is 43.5 Å². The highest BCUT2D eigenvalue weighted by atomic mass is 79.9. The molecule has 0 radical (unpaired) electrons. The second-order valence-electron chi connectivity index (χ2n) is 5.25. The van der Waals surface area contributed by atoms with E-state index in [1.54, 1.807) is 0 Å². The van der Waals surface area contributed by atoms with Crippen LogP contribution in [-0.2, 0) is 4.74 Å². The quantitative estimate of drug-likeness (QED) is 0.849. The van der Waals surface area contributed by atoms with Crippen LogP contribution < -0.4 is 4.74 Å². The Morgan fingerprint density at radius 1 is 1.26 bits per heavy atom. The van der Waals surface area contributed by atoms with Crippen molar-refractivity contribution in [2.75, 3.05) is 26.3 Å². The van der Waals surface area contributed by atoms with Gasteiger partial charge in [-0.2, -0.15) is 0 Å². The summed E-state index contributed by atoms with van der Waals surface area (Å²) < 4.78 is 12.7. The van der Waals surface area contributed by atoms with E-state index in [1.165, 1.54) is 19.3 Å². The zero-order valence-electron chi connectivity index (χ0n) is 11.1. The number of ether oxygens (including phenoxy) is 2. The van der Waals surface area contributed by atoms with Gasteiger partial charge >= 0.3 is 0 Å². The van der Waals surface area contributed by atoms with Crippen molar-refractivity contribution in [2.24, 2.45) is 0 Å². The largest absolute Gasteiger partial charge is 0.492 e. The summed E-state index contributed by atoms with van der Waals surface area (Å²) in [6.07, 6.45) is 4.29. The molecular formula is C15H20BrNO2. The molecule has 19 heavy (non-hydrogen) atoms. The van der Waals surface area contributed by atoms with Crippen LogP contribution in [0.15, 0.2) is 28.7 Å². The van der Waals surface area contributed by atoms with E-state index >= 15 is 0 Å². The van der Waals surface area contributed by atoms with Crippen LogP contribution in [0, 0.1) is 0 Å². The van der Waals surface area contributed by atoms with Crippen LogP contribution in [-0.4, -0.2) is 43.3 Å². The van der Waals surface area contributed by atoms with E-state index < -0.39 is 0 Å². The number of morpholine rings is 1. The number of rotatable bonds is 4. The van der Waals surface area contributed by atoms with Gasteiger partial charge in [0.05, 0.1) is 12.7 Å². The van der Waals surface area contributed by atoms with E-state index in [1.807, 2.05) is 24.3 Å². The van der Waals surface area contributed by atoms with Crippen LogP contribution in [0.2, 0.25) is 0 Å². The minimum atomic E-state index is 0.474. The molecule has 0 spiro atoms. The Hall–Kier alpha value is -0.580. The van der Waals surface area contributed by atoms with Crippen molar-refractivity contribution in [3.63, 3.8) is 0 Å². The van der Waals surface area contributed by atoms with Crippen molar-refractivity contribution in [1.29, 1.82) is 0 Å². The van der Waals surface area contributed by atoms with Crippen LogP contribution in [0.1, 0.15) is 19.3 Å². The van der Waals surface area contributed by atoms with E-state index in [2.05, 4.69) is 20.8 Å². The topological polar surface area (TPSA) is 21.7 Å². The third-order valence-electron chi connectivity index (χ3n) is 4.06. The summed E-state index contributed by atoms with van der Waals surface area (Å²) in [5.74, 6) is 0.944. The molecule has 1 heterocycles. The van der Waals surface area contributed by atoms with Gasteiger partial charge in [-0.15, -0.1) is 0 Å². The van der Waals surface area contributed by atoms with Crippen molar-refractivity contribution < 1.29 is 9.47 Å². The molecule has 2 atom stereocenters. The number of hydrogen-bond donors (Lipinski definition) is 0. The van der Waals surface area contributed by atoms with Crippen molar-refractivity contribution in [1.82, 2.24) is 4.90 Å². The van der Waals surface area contributed by atoms with Crippen LogP contribution in [0.4, 0.5) is 0 Å². The molecule has 2 fully saturated rings. The molecule has 3 rings (SSSR count). The molecule has 4 heteroatoms. The SMILES string of the molecule is Brc1ccc(OCCN2CCOC3CCCC32)cc1. The molecule has 0 amide bonds. The Morgan fingerprint density at radius 3 is 2.95 bits per heavy atom. The fraction of sp³-hybridized carbons (Fsp3) is 0.600. The van der Waals surface area contributed by atoms with Gasteiger partial charge in [-0.3, -0.25) is 4.90 Å². The highest BCUT2D eigenvalue weighted by molar-refractivity contribution is 9.10. The van der Waals surface area contributed by atoms with Crippen molar-refractivity contribution in [2.45, 2.75) is 31.4 Å². The van der Waals surface area contributed by atoms with Gasteiger partial charge in [0, 0.05) is 23.6 Å². The maximum Gasteiger partial charge on any atom is 0.119 e. The molecule has 1 aliphatic carbocycles. The zero-order valence-corrected chi connectivity index (χ0v) is 12.6. The highest BCUT2D eigenvalue weighted by Crippen LogP contribution is 2.29. The lowest BCUT2D eigenvalue weighted by Gasteiger charge is -2.37. The lowest BCUT2D eigenvalue weighted by Crippen LogP contribution is -2.49. The van der Waals surface area contributed by atoms with E-state index in [9.17, 15) is 0 Å². The maximum atomic E-state index is 5.82. The smallest absolute Gasteiger partial charge is 0.119 e. The van der Waals surface area contributed by atoms with Gasteiger partial charge in [0.1, 0.15) is 12.4 Å². The van der Waals surface area contributed by atoms with Gasteiger partial charge < -0.3 is 9.47 Å². The van der Waals surface area contributed by atoms with Crippen LogP contribution >= 0.6 is 15.9 Å². The van der Waals surface area contributed by atoms with Crippen molar-refractivity contribution in [3.8, 4) is 5.75 Å². The minimum absolute atomic E-state index is 0.474. The summed E-state index contributed by atoms with van der Waals surface area (Å²) in [6, 6.07) is 8.65. The third-order valence-corrected chi connectivity index (χ3v) is 4.59. The first-order chi connectivity index (χ1) is 9.33. The predicted octanol–water partition coefficient (Wildman–Crippen LogP) is 3.08. The number of fused-ring (bicyclic) bond motifs is 1. The minimum Gasteiger partial charge on any atom is -0.492 e. The Bertz CT molecular complexity index is 409. The summed E-state index contributed by atoms with van der Waals surface area (Å²) in [5, 5.41) is 0. The number of benzene rings is 1. The van der Waals surface area contributed by atoms with E-state index in [0.29, 0.717) is 12.1 Å². The number of hydrogen-bond acceptors (Lipinski definition) is 3. The lowest BCUT2D eigenvalue weighted by atomic mass is 10.1. The summed E-state index contributed by atoms with van der Waals surface area (Å²) in [6.45, 7) is 3.68. The maximum absolute atomic E-state index is 5.82. The molecule has 104 valence electrons. The van der Waals surface area contributed by atoms with Gasteiger partial charge in [0.15, 0.2) is 0 Å². The normalized spacial score (nSPS) is 27.2. The van der Waals surface area contributed by atoms with E-state index in [0.717, 1.165) is 36.5 Å². The highest BCUT2D eigenvalue weighted by Gasteiger charge is 2.35. The second kappa shape index (κ2) is 6.25. The second-order valence-corrected chi connectivity index (χ2v) is 6.16. The molecule has 3 nitrogen and oxygen atoms in total. The zero-order chi connectivity index (χ0) is 13.1. The average molecular weight is 326 g/mol. The number of nitrogens with zero attached hydrogens (tertiary/aromatic N) is 1. The predicted molar refractivity (Wildman–Crippen MR) is 78.6 cm³/mol. The number of halogens is 1. The first-order valence-electron chi connectivity index (χ1n) is 7.07. The van der Waals surface area contributed by atoms with Gasteiger partial charge in [0.2, 0.25) is 0 Å². The summed E-state index contributed by atoms with van der Waals surface area (Å²) in [7, 11) is 0. The average Bonchev–Trinajstić information content (AvgIpc) is 2.90.